The molecule has 1 unspecified atom stereocenters. The van der Waals surface area contributed by atoms with Gasteiger partial charge < -0.3 is 5.73 Å². The first-order chi connectivity index (χ1) is 7.21. The number of pyridine rings is 1. The second-order valence-electron chi connectivity index (χ2n) is 3.44. The number of hydrogen-bond acceptors (Lipinski definition) is 2. The van der Waals surface area contributed by atoms with Gasteiger partial charge >= 0.3 is 6.18 Å². The lowest BCUT2D eigenvalue weighted by molar-refractivity contribution is -0.138. The molecule has 0 bridgehead atoms. The van der Waals surface area contributed by atoms with E-state index >= 15 is 0 Å². The molecule has 1 aromatic heterocycles. The zero-order valence-electron chi connectivity index (χ0n) is 8.28. The number of rotatable bonds is 2. The van der Waals surface area contributed by atoms with Crippen LogP contribution >= 0.6 is 23.2 Å². The minimum atomic E-state index is -4.51. The van der Waals surface area contributed by atoms with E-state index < -0.39 is 17.8 Å². The van der Waals surface area contributed by atoms with Gasteiger partial charge in [0.05, 0.1) is 5.56 Å². The first-order valence-corrected chi connectivity index (χ1v) is 5.15. The van der Waals surface area contributed by atoms with Crippen molar-refractivity contribution in [3.05, 3.63) is 27.5 Å². The number of nitrogens with two attached hydrogens (primary N) is 1. The van der Waals surface area contributed by atoms with Crippen molar-refractivity contribution in [3.8, 4) is 0 Å². The predicted octanol–water partition coefficient (Wildman–Crippen LogP) is 3.30. The van der Waals surface area contributed by atoms with Gasteiger partial charge in [0.2, 0.25) is 0 Å². The molecule has 1 atom stereocenters. The van der Waals surface area contributed by atoms with Crippen molar-refractivity contribution in [2.75, 3.05) is 0 Å². The molecule has 0 saturated carbocycles. The van der Waals surface area contributed by atoms with Crippen LogP contribution in [0.4, 0.5) is 13.2 Å². The van der Waals surface area contributed by atoms with Crippen molar-refractivity contribution in [3.63, 3.8) is 0 Å². The van der Waals surface area contributed by atoms with Gasteiger partial charge in [-0.1, -0.05) is 23.2 Å². The van der Waals surface area contributed by atoms with E-state index in [0.717, 1.165) is 6.07 Å². The number of halogens is 5. The summed E-state index contributed by atoms with van der Waals surface area (Å²) in [6.45, 7) is 1.59. The zero-order valence-corrected chi connectivity index (χ0v) is 9.79. The zero-order chi connectivity index (χ0) is 12.5. The maximum absolute atomic E-state index is 12.7. The van der Waals surface area contributed by atoms with Crippen LogP contribution in [0.5, 0.6) is 0 Å². The van der Waals surface area contributed by atoms with Gasteiger partial charge in [-0.25, -0.2) is 4.98 Å². The van der Waals surface area contributed by atoms with E-state index in [0.29, 0.717) is 0 Å². The van der Waals surface area contributed by atoms with E-state index in [1.165, 1.54) is 0 Å². The second-order valence-corrected chi connectivity index (χ2v) is 4.19. The van der Waals surface area contributed by atoms with Crippen molar-refractivity contribution in [1.82, 2.24) is 4.98 Å². The van der Waals surface area contributed by atoms with E-state index in [1.807, 2.05) is 0 Å². The first-order valence-electron chi connectivity index (χ1n) is 4.39. The summed E-state index contributed by atoms with van der Waals surface area (Å²) in [5, 5.41) is -0.539. The molecule has 0 amide bonds. The third-order valence-electron chi connectivity index (χ3n) is 1.87. The summed E-state index contributed by atoms with van der Waals surface area (Å²) in [5.41, 5.74) is 4.46. The Balaban J connectivity index is 3.33. The van der Waals surface area contributed by atoms with Gasteiger partial charge in [-0.2, -0.15) is 13.2 Å². The van der Waals surface area contributed by atoms with E-state index in [1.54, 1.807) is 6.92 Å². The Kier molecular flexibility index (Phi) is 4.04. The average molecular weight is 273 g/mol. The largest absolute Gasteiger partial charge is 0.416 e. The molecule has 1 heterocycles. The lowest BCUT2D eigenvalue weighted by atomic mass is 10.0. The third kappa shape index (κ3) is 3.23. The Morgan fingerprint density at radius 2 is 2.00 bits per heavy atom. The maximum Gasteiger partial charge on any atom is 0.416 e. The Morgan fingerprint density at radius 1 is 1.44 bits per heavy atom. The SMILES string of the molecule is CC(N)Cc1c(C(F)(F)F)cc(Cl)nc1Cl. The van der Waals surface area contributed by atoms with Gasteiger partial charge in [0.1, 0.15) is 10.3 Å². The summed E-state index contributed by atoms with van der Waals surface area (Å²) in [5.74, 6) is 0. The molecule has 0 aliphatic rings. The summed E-state index contributed by atoms with van der Waals surface area (Å²) in [4.78, 5) is 3.58. The third-order valence-corrected chi connectivity index (χ3v) is 2.38. The lowest BCUT2D eigenvalue weighted by Gasteiger charge is -2.15. The van der Waals surface area contributed by atoms with Crippen molar-refractivity contribution in [1.29, 1.82) is 0 Å². The molecule has 1 rings (SSSR count). The van der Waals surface area contributed by atoms with Gasteiger partial charge in [0.25, 0.3) is 0 Å². The van der Waals surface area contributed by atoms with E-state index in [-0.39, 0.29) is 22.3 Å². The van der Waals surface area contributed by atoms with Crippen molar-refractivity contribution < 1.29 is 13.2 Å². The molecule has 16 heavy (non-hydrogen) atoms. The molecule has 0 saturated heterocycles. The fourth-order valence-corrected chi connectivity index (χ4v) is 1.79. The molecule has 2 nitrogen and oxygen atoms in total. The number of nitrogens with zero attached hydrogens (tertiary/aromatic N) is 1. The Bertz CT molecular complexity index is 391. The fraction of sp³-hybridized carbons (Fsp3) is 0.444. The van der Waals surface area contributed by atoms with Crippen LogP contribution < -0.4 is 5.73 Å². The highest BCUT2D eigenvalue weighted by Gasteiger charge is 2.35. The number of hydrogen-bond donors (Lipinski definition) is 1. The smallest absolute Gasteiger partial charge is 0.328 e. The molecule has 0 spiro atoms. The van der Waals surface area contributed by atoms with E-state index in [4.69, 9.17) is 28.9 Å². The Morgan fingerprint density at radius 3 is 2.44 bits per heavy atom. The van der Waals surface area contributed by atoms with Gasteiger partial charge in [-0.3, -0.25) is 0 Å². The van der Waals surface area contributed by atoms with Crippen molar-refractivity contribution in [2.45, 2.75) is 25.6 Å². The molecule has 0 aromatic carbocycles. The molecule has 90 valence electrons. The predicted molar refractivity (Wildman–Crippen MR) is 56.6 cm³/mol. The van der Waals surface area contributed by atoms with Crippen molar-refractivity contribution in [2.24, 2.45) is 5.73 Å². The van der Waals surface area contributed by atoms with Gasteiger partial charge in [0.15, 0.2) is 0 Å². The van der Waals surface area contributed by atoms with Crippen LogP contribution in [-0.4, -0.2) is 11.0 Å². The van der Waals surface area contributed by atoms with Crippen LogP contribution in [0.1, 0.15) is 18.1 Å². The Labute approximate surface area is 101 Å². The quantitative estimate of drug-likeness (QED) is 0.840. The topological polar surface area (TPSA) is 38.9 Å². The molecule has 7 heteroatoms. The average Bonchev–Trinajstić information content (AvgIpc) is 2.06. The highest BCUT2D eigenvalue weighted by Crippen LogP contribution is 2.36. The molecular formula is C9H9Cl2F3N2. The number of aromatic nitrogens is 1. The minimum absolute atomic E-state index is 0.00214. The molecule has 0 aliphatic heterocycles. The molecule has 0 aliphatic carbocycles. The Hall–Kier alpha value is -0.520. The van der Waals surface area contributed by atoms with E-state index in [9.17, 15) is 13.2 Å². The second kappa shape index (κ2) is 4.77. The lowest BCUT2D eigenvalue weighted by Crippen LogP contribution is -2.21. The highest BCUT2D eigenvalue weighted by molar-refractivity contribution is 6.33. The van der Waals surface area contributed by atoms with Crippen LogP contribution in [0.2, 0.25) is 10.3 Å². The molecule has 1 aromatic rings. The van der Waals surface area contributed by atoms with E-state index in [2.05, 4.69) is 4.98 Å². The maximum atomic E-state index is 12.7. The standard InChI is InChI=1S/C9H9Cl2F3N2/c1-4(15)2-5-6(9(12,13)14)3-7(10)16-8(5)11/h3-4H,2,15H2,1H3. The first kappa shape index (κ1) is 13.5. The summed E-state index contributed by atoms with van der Waals surface area (Å²) in [6, 6.07) is 0.312. The van der Waals surface area contributed by atoms with Crippen LogP contribution in [0, 0.1) is 0 Å². The molecule has 2 N–H and O–H groups in total. The summed E-state index contributed by atoms with van der Waals surface area (Å²) < 4.78 is 38.0. The van der Waals surface area contributed by atoms with Crippen LogP contribution in [0.25, 0.3) is 0 Å². The van der Waals surface area contributed by atoms with Gasteiger partial charge in [-0.05, 0) is 19.4 Å². The number of alkyl halides is 3. The van der Waals surface area contributed by atoms with Crippen LogP contribution in [-0.2, 0) is 12.6 Å². The normalized spacial score (nSPS) is 13.9. The van der Waals surface area contributed by atoms with Crippen LogP contribution in [0.3, 0.4) is 0 Å². The monoisotopic (exact) mass is 272 g/mol. The minimum Gasteiger partial charge on any atom is -0.328 e. The highest BCUT2D eigenvalue weighted by atomic mass is 35.5. The molecule has 0 fully saturated rings. The fourth-order valence-electron chi connectivity index (χ4n) is 1.28. The summed E-state index contributed by atoms with van der Waals surface area (Å²) in [7, 11) is 0. The van der Waals surface area contributed by atoms with Gasteiger partial charge in [0, 0.05) is 11.6 Å². The molecule has 0 radical (unpaired) electrons. The van der Waals surface area contributed by atoms with Crippen LogP contribution in [0.15, 0.2) is 6.07 Å². The summed E-state index contributed by atoms with van der Waals surface area (Å²) >= 11 is 11.1. The summed E-state index contributed by atoms with van der Waals surface area (Å²) in [6.07, 6.45) is -4.52. The van der Waals surface area contributed by atoms with Crippen molar-refractivity contribution >= 4 is 23.2 Å². The van der Waals surface area contributed by atoms with Gasteiger partial charge in [-0.15, -0.1) is 0 Å². The molecular weight excluding hydrogens is 264 g/mol.